The molecule has 2 heterocycles. The molecule has 38 heavy (non-hydrogen) atoms. The molecular weight excluding hydrogens is 484 g/mol. The van der Waals surface area contributed by atoms with Crippen molar-refractivity contribution >= 4 is 34.8 Å². The number of aryl methyl sites for hydroxylation is 1. The summed E-state index contributed by atoms with van der Waals surface area (Å²) in [5, 5.41) is 0. The second-order valence-electron chi connectivity index (χ2n) is 9.32. The highest BCUT2D eigenvalue weighted by Gasteiger charge is 2.31. The van der Waals surface area contributed by atoms with E-state index in [-0.39, 0.29) is 24.1 Å². The Hall–Kier alpha value is -4.53. The number of nitrogens with two attached hydrogens (primary N) is 1. The monoisotopic (exact) mass is 514 g/mol. The van der Waals surface area contributed by atoms with Crippen LogP contribution in [0.3, 0.4) is 0 Å². The average molecular weight is 515 g/mol. The summed E-state index contributed by atoms with van der Waals surface area (Å²) >= 11 is 0. The number of nitrogens with zero attached hydrogens (tertiary/aromatic N) is 3. The smallest absolute Gasteiger partial charge is 0.265 e. The van der Waals surface area contributed by atoms with Crippen LogP contribution in [0.1, 0.15) is 32.7 Å². The minimum absolute atomic E-state index is 0.0507. The lowest BCUT2D eigenvalue weighted by molar-refractivity contribution is -0.118. The lowest BCUT2D eigenvalue weighted by Crippen LogP contribution is -2.49. The summed E-state index contributed by atoms with van der Waals surface area (Å²) in [6.07, 6.45) is 0.832. The van der Waals surface area contributed by atoms with Crippen LogP contribution in [-0.4, -0.2) is 63.0 Å². The number of carbonyl (C=O) groups excluding carboxylic acids is 3. The summed E-state index contributed by atoms with van der Waals surface area (Å²) in [6, 6.07) is 17.7. The molecule has 3 aromatic rings. The van der Waals surface area contributed by atoms with Crippen molar-refractivity contribution < 1.29 is 23.9 Å². The van der Waals surface area contributed by atoms with Crippen molar-refractivity contribution in [3.8, 4) is 11.5 Å². The van der Waals surface area contributed by atoms with Crippen LogP contribution in [0.25, 0.3) is 0 Å². The van der Waals surface area contributed by atoms with Crippen LogP contribution in [0.5, 0.6) is 11.5 Å². The van der Waals surface area contributed by atoms with E-state index in [2.05, 4.69) is 4.90 Å². The van der Waals surface area contributed by atoms with Crippen LogP contribution in [0.2, 0.25) is 0 Å². The Morgan fingerprint density at radius 2 is 1.53 bits per heavy atom. The maximum atomic E-state index is 13.2. The van der Waals surface area contributed by atoms with Crippen LogP contribution in [-0.2, 0) is 11.2 Å². The number of nitrogen functional groups attached to an aromatic ring is 1. The highest BCUT2D eigenvalue weighted by Crippen LogP contribution is 2.33. The van der Waals surface area contributed by atoms with E-state index in [4.69, 9.17) is 15.2 Å². The summed E-state index contributed by atoms with van der Waals surface area (Å²) in [4.78, 5) is 44.4. The van der Waals surface area contributed by atoms with Gasteiger partial charge in [0, 0.05) is 55.1 Å². The molecule has 3 amide bonds. The zero-order valence-electron chi connectivity index (χ0n) is 21.5. The first-order valence-corrected chi connectivity index (χ1v) is 12.5. The van der Waals surface area contributed by atoms with E-state index in [9.17, 15) is 14.4 Å². The number of anilines is 3. The first-order valence-electron chi connectivity index (χ1n) is 12.5. The Bertz CT molecular complexity index is 1400. The van der Waals surface area contributed by atoms with E-state index < -0.39 is 0 Å². The third kappa shape index (κ3) is 4.74. The van der Waals surface area contributed by atoms with Gasteiger partial charge in [0.1, 0.15) is 0 Å². The number of hydrogen-bond donors (Lipinski definition) is 1. The number of piperazine rings is 1. The van der Waals surface area contributed by atoms with E-state index in [1.807, 2.05) is 23.1 Å². The Labute approximate surface area is 221 Å². The van der Waals surface area contributed by atoms with Crippen LogP contribution in [0.15, 0.2) is 60.7 Å². The van der Waals surface area contributed by atoms with Gasteiger partial charge in [0.2, 0.25) is 5.91 Å². The Balaban J connectivity index is 1.29. The van der Waals surface area contributed by atoms with Gasteiger partial charge in [-0.25, -0.2) is 4.90 Å². The van der Waals surface area contributed by atoms with E-state index in [0.29, 0.717) is 66.6 Å². The largest absolute Gasteiger partial charge is 0.493 e. The first-order chi connectivity index (χ1) is 18.4. The number of ether oxygens (including phenoxy) is 2. The van der Waals surface area contributed by atoms with E-state index in [1.54, 1.807) is 56.7 Å². The van der Waals surface area contributed by atoms with Gasteiger partial charge in [-0.2, -0.15) is 0 Å². The van der Waals surface area contributed by atoms with Gasteiger partial charge in [-0.3, -0.25) is 14.4 Å². The fourth-order valence-electron chi connectivity index (χ4n) is 5.02. The molecule has 1 fully saturated rings. The normalized spacial score (nSPS) is 15.2. The maximum Gasteiger partial charge on any atom is 0.265 e. The third-order valence-electron chi connectivity index (χ3n) is 7.06. The Morgan fingerprint density at radius 3 is 2.24 bits per heavy atom. The zero-order chi connectivity index (χ0) is 26.8. The highest BCUT2D eigenvalue weighted by atomic mass is 16.5. The average Bonchev–Trinajstić information content (AvgIpc) is 2.96. The molecule has 5 rings (SSSR count). The number of fused-ring (bicyclic) bond motifs is 1. The van der Waals surface area contributed by atoms with Crippen molar-refractivity contribution in [2.75, 3.05) is 55.9 Å². The highest BCUT2D eigenvalue weighted by molar-refractivity contribution is 6.22. The predicted octanol–water partition coefficient (Wildman–Crippen LogP) is 3.37. The van der Waals surface area contributed by atoms with Gasteiger partial charge in [0.25, 0.3) is 11.8 Å². The lowest BCUT2D eigenvalue weighted by atomic mass is 9.98. The number of imide groups is 1. The molecule has 0 radical (unpaired) electrons. The molecule has 0 bridgehead atoms. The number of hydrogen-bond acceptors (Lipinski definition) is 7. The second-order valence-corrected chi connectivity index (χ2v) is 9.32. The number of carbonyl (C=O) groups is 3. The fourth-order valence-corrected chi connectivity index (χ4v) is 5.02. The van der Waals surface area contributed by atoms with Gasteiger partial charge >= 0.3 is 0 Å². The summed E-state index contributed by atoms with van der Waals surface area (Å²) in [5.41, 5.74) is 9.82. The van der Waals surface area contributed by atoms with Crippen LogP contribution in [0.4, 0.5) is 17.1 Å². The van der Waals surface area contributed by atoms with E-state index in [0.717, 1.165) is 11.3 Å². The van der Waals surface area contributed by atoms with Gasteiger partial charge < -0.3 is 25.0 Å². The topological polar surface area (TPSA) is 105 Å². The van der Waals surface area contributed by atoms with Crippen molar-refractivity contribution in [3.63, 3.8) is 0 Å². The van der Waals surface area contributed by atoms with Gasteiger partial charge in [-0.05, 0) is 66.6 Å². The summed E-state index contributed by atoms with van der Waals surface area (Å²) in [6.45, 7) is 2.48. The molecule has 9 nitrogen and oxygen atoms in total. The molecule has 2 aliphatic rings. The van der Waals surface area contributed by atoms with Crippen molar-refractivity contribution in [2.45, 2.75) is 12.8 Å². The molecule has 2 aliphatic heterocycles. The molecular formula is C29H30N4O5. The van der Waals surface area contributed by atoms with Crippen LogP contribution < -0.4 is 25.0 Å². The maximum absolute atomic E-state index is 13.2. The first kappa shape index (κ1) is 25.1. The summed E-state index contributed by atoms with van der Waals surface area (Å²) < 4.78 is 10.6. The van der Waals surface area contributed by atoms with Crippen molar-refractivity contribution in [2.24, 2.45) is 0 Å². The lowest BCUT2D eigenvalue weighted by Gasteiger charge is -2.37. The molecule has 0 spiro atoms. The van der Waals surface area contributed by atoms with Crippen molar-refractivity contribution in [1.29, 1.82) is 0 Å². The summed E-state index contributed by atoms with van der Waals surface area (Å²) in [5.74, 6) is 0.451. The quantitative estimate of drug-likeness (QED) is 0.411. The predicted molar refractivity (Wildman–Crippen MR) is 145 cm³/mol. The van der Waals surface area contributed by atoms with E-state index >= 15 is 0 Å². The Kier molecular flexibility index (Phi) is 6.91. The molecule has 0 aromatic heterocycles. The van der Waals surface area contributed by atoms with Crippen LogP contribution >= 0.6 is 0 Å². The summed E-state index contributed by atoms with van der Waals surface area (Å²) in [7, 11) is 3.11. The van der Waals surface area contributed by atoms with Crippen LogP contribution in [0, 0.1) is 0 Å². The number of rotatable bonds is 5. The number of amides is 3. The Morgan fingerprint density at radius 1 is 0.789 bits per heavy atom. The van der Waals surface area contributed by atoms with Gasteiger partial charge in [-0.1, -0.05) is 6.07 Å². The molecule has 1 saturated heterocycles. The minimum Gasteiger partial charge on any atom is -0.493 e. The van der Waals surface area contributed by atoms with E-state index in [1.165, 1.54) is 4.90 Å². The number of methoxy groups -OCH3 is 2. The second kappa shape index (κ2) is 10.5. The SMILES string of the molecule is COc1ccc(C(=O)N2CCN(c3ccc4c(c3)CCC(=O)N4C(=O)c3cccc(N)c3)CC2)cc1OC. The minimum atomic E-state index is -0.377. The fraction of sp³-hybridized carbons (Fsp3) is 0.276. The van der Waals surface area contributed by atoms with Crippen molar-refractivity contribution in [1.82, 2.24) is 4.90 Å². The van der Waals surface area contributed by atoms with Crippen molar-refractivity contribution in [3.05, 3.63) is 77.4 Å². The molecule has 0 aliphatic carbocycles. The molecule has 0 atom stereocenters. The zero-order valence-corrected chi connectivity index (χ0v) is 21.5. The molecule has 2 N–H and O–H groups in total. The number of benzene rings is 3. The molecule has 9 heteroatoms. The molecule has 3 aromatic carbocycles. The van der Waals surface area contributed by atoms with Gasteiger partial charge in [-0.15, -0.1) is 0 Å². The van der Waals surface area contributed by atoms with Gasteiger partial charge in [0.05, 0.1) is 19.9 Å². The molecule has 0 unspecified atom stereocenters. The van der Waals surface area contributed by atoms with Gasteiger partial charge in [0.15, 0.2) is 11.5 Å². The third-order valence-corrected chi connectivity index (χ3v) is 7.06. The molecule has 0 saturated carbocycles. The standard InChI is InChI=1S/C29H30N4O5/c1-37-25-10-6-21(18-26(25)38-2)28(35)32-14-12-31(13-15-32)23-8-9-24-19(17-23)7-11-27(34)33(24)29(36)20-4-3-5-22(30)16-20/h3-6,8-10,16-18H,7,11-15,30H2,1-2H3. The molecule has 196 valence electrons.